The van der Waals surface area contributed by atoms with Crippen LogP contribution in [0.5, 0.6) is 0 Å². The predicted molar refractivity (Wildman–Crippen MR) is 74.2 cm³/mol. The van der Waals surface area contributed by atoms with Crippen LogP contribution in [0.25, 0.3) is 11.0 Å². The first-order valence-electron chi connectivity index (χ1n) is 6.66. The molecule has 1 unspecified atom stereocenters. The Morgan fingerprint density at radius 3 is 3.10 bits per heavy atom. The number of aromatic nitrogens is 2. The highest BCUT2D eigenvalue weighted by Gasteiger charge is 2.33. The molecule has 0 aliphatic carbocycles. The Bertz CT molecular complexity index is 664. The van der Waals surface area contributed by atoms with Gasteiger partial charge in [-0.1, -0.05) is 0 Å². The monoisotopic (exact) mass is 272 g/mol. The van der Waals surface area contributed by atoms with E-state index in [-0.39, 0.29) is 17.9 Å². The maximum absolute atomic E-state index is 12.6. The Balaban J connectivity index is 1.89. The van der Waals surface area contributed by atoms with Gasteiger partial charge in [0.1, 0.15) is 6.04 Å². The lowest BCUT2D eigenvalue weighted by atomic mass is 10.1. The molecule has 0 saturated carbocycles. The fraction of sp³-hybridized carbons (Fsp3) is 0.357. The van der Waals surface area contributed by atoms with Crippen molar-refractivity contribution in [2.75, 3.05) is 13.6 Å². The minimum Gasteiger partial charge on any atom is -0.357 e. The molecule has 1 aliphatic heterocycles. The Labute approximate surface area is 116 Å². The largest absolute Gasteiger partial charge is 0.357 e. The molecule has 6 nitrogen and oxygen atoms in total. The fourth-order valence-corrected chi connectivity index (χ4v) is 2.68. The Morgan fingerprint density at radius 1 is 1.45 bits per heavy atom. The van der Waals surface area contributed by atoms with Crippen molar-refractivity contribution in [3.05, 3.63) is 30.1 Å². The van der Waals surface area contributed by atoms with Crippen molar-refractivity contribution in [2.24, 2.45) is 0 Å². The van der Waals surface area contributed by atoms with Gasteiger partial charge in [0.05, 0.1) is 17.4 Å². The number of imidazole rings is 1. The number of carbonyl (C=O) groups excluding carboxylic acids is 2. The summed E-state index contributed by atoms with van der Waals surface area (Å²) in [5.41, 5.74) is 2.23. The van der Waals surface area contributed by atoms with Gasteiger partial charge in [-0.05, 0) is 31.0 Å². The first-order chi connectivity index (χ1) is 9.70. The van der Waals surface area contributed by atoms with E-state index >= 15 is 0 Å². The van der Waals surface area contributed by atoms with Crippen molar-refractivity contribution >= 4 is 22.8 Å². The second-order valence-electron chi connectivity index (χ2n) is 4.91. The van der Waals surface area contributed by atoms with E-state index in [9.17, 15) is 9.59 Å². The molecule has 1 aromatic heterocycles. The van der Waals surface area contributed by atoms with Gasteiger partial charge in [-0.15, -0.1) is 0 Å². The minimum absolute atomic E-state index is 0.0986. The maximum Gasteiger partial charge on any atom is 0.254 e. The molecule has 0 radical (unpaired) electrons. The molecule has 1 saturated heterocycles. The molecule has 1 fully saturated rings. The lowest BCUT2D eigenvalue weighted by Crippen LogP contribution is -2.44. The van der Waals surface area contributed by atoms with Crippen LogP contribution >= 0.6 is 0 Å². The third-order valence-electron chi connectivity index (χ3n) is 3.73. The number of fused-ring (bicyclic) bond motifs is 1. The molecule has 1 atom stereocenters. The normalized spacial score (nSPS) is 18.4. The third kappa shape index (κ3) is 2.03. The van der Waals surface area contributed by atoms with E-state index in [4.69, 9.17) is 0 Å². The van der Waals surface area contributed by atoms with Crippen LogP contribution in [0.1, 0.15) is 23.2 Å². The van der Waals surface area contributed by atoms with E-state index in [2.05, 4.69) is 15.3 Å². The number of nitrogens with zero attached hydrogens (tertiary/aromatic N) is 2. The number of likely N-dealkylation sites (N-methyl/N-ethyl adjacent to an activating group) is 1. The van der Waals surface area contributed by atoms with Crippen molar-refractivity contribution in [2.45, 2.75) is 18.9 Å². The number of carbonyl (C=O) groups is 2. The molecule has 3 rings (SSSR count). The van der Waals surface area contributed by atoms with Crippen molar-refractivity contribution < 1.29 is 9.59 Å². The van der Waals surface area contributed by atoms with Gasteiger partial charge >= 0.3 is 0 Å². The topological polar surface area (TPSA) is 78.1 Å². The van der Waals surface area contributed by atoms with Crippen LogP contribution < -0.4 is 5.32 Å². The first-order valence-corrected chi connectivity index (χ1v) is 6.66. The van der Waals surface area contributed by atoms with E-state index < -0.39 is 0 Å². The summed E-state index contributed by atoms with van der Waals surface area (Å²) in [4.78, 5) is 33.1. The van der Waals surface area contributed by atoms with Gasteiger partial charge in [-0.3, -0.25) is 9.59 Å². The summed E-state index contributed by atoms with van der Waals surface area (Å²) in [6.07, 6.45) is 3.18. The van der Waals surface area contributed by atoms with Crippen molar-refractivity contribution in [3.63, 3.8) is 0 Å². The highest BCUT2D eigenvalue weighted by molar-refractivity contribution is 6.00. The van der Waals surface area contributed by atoms with E-state index in [0.29, 0.717) is 12.1 Å². The first kappa shape index (κ1) is 12.7. The number of rotatable bonds is 2. The number of H-pyrrole nitrogens is 1. The molecule has 0 bridgehead atoms. The van der Waals surface area contributed by atoms with E-state index in [1.807, 2.05) is 6.07 Å². The number of benzene rings is 1. The Hall–Kier alpha value is -2.37. The van der Waals surface area contributed by atoms with Crippen LogP contribution in [-0.4, -0.2) is 46.3 Å². The summed E-state index contributed by atoms with van der Waals surface area (Å²) in [7, 11) is 1.60. The van der Waals surface area contributed by atoms with E-state index in [1.54, 1.807) is 30.4 Å². The molecule has 20 heavy (non-hydrogen) atoms. The van der Waals surface area contributed by atoms with Crippen molar-refractivity contribution in [3.8, 4) is 0 Å². The minimum atomic E-state index is -0.357. The number of likely N-dealkylation sites (tertiary alicyclic amines) is 1. The lowest BCUT2D eigenvalue weighted by molar-refractivity contribution is -0.124. The van der Waals surface area contributed by atoms with Gasteiger partial charge < -0.3 is 15.2 Å². The molecule has 1 aromatic carbocycles. The Morgan fingerprint density at radius 2 is 2.30 bits per heavy atom. The molecular weight excluding hydrogens is 256 g/mol. The molecule has 2 aromatic rings. The second kappa shape index (κ2) is 4.96. The van der Waals surface area contributed by atoms with Gasteiger partial charge in [0.25, 0.3) is 5.91 Å². The van der Waals surface area contributed by atoms with Crippen LogP contribution in [0, 0.1) is 0 Å². The van der Waals surface area contributed by atoms with Crippen molar-refractivity contribution in [1.82, 2.24) is 20.2 Å². The molecule has 104 valence electrons. The van der Waals surface area contributed by atoms with E-state index in [1.165, 1.54) is 0 Å². The van der Waals surface area contributed by atoms with Crippen LogP contribution in [-0.2, 0) is 4.79 Å². The summed E-state index contributed by atoms with van der Waals surface area (Å²) in [6, 6.07) is 4.99. The highest BCUT2D eigenvalue weighted by atomic mass is 16.2. The molecule has 1 aliphatic rings. The Kier molecular flexibility index (Phi) is 3.14. The number of hydrogen-bond donors (Lipinski definition) is 2. The van der Waals surface area contributed by atoms with Gasteiger partial charge in [0, 0.05) is 19.2 Å². The summed E-state index contributed by atoms with van der Waals surface area (Å²) in [5.74, 6) is -0.203. The van der Waals surface area contributed by atoms with Gasteiger partial charge in [0.2, 0.25) is 5.91 Å². The maximum atomic E-state index is 12.6. The number of amides is 2. The predicted octanol–water partition coefficient (Wildman–Crippen LogP) is 0.913. The van der Waals surface area contributed by atoms with Gasteiger partial charge in [0.15, 0.2) is 0 Å². The summed E-state index contributed by atoms with van der Waals surface area (Å²) in [5, 5.41) is 2.62. The molecule has 6 heteroatoms. The summed E-state index contributed by atoms with van der Waals surface area (Å²) in [6.45, 7) is 0.623. The fourth-order valence-electron chi connectivity index (χ4n) is 2.68. The van der Waals surface area contributed by atoms with E-state index in [0.717, 1.165) is 23.9 Å². The summed E-state index contributed by atoms with van der Waals surface area (Å²) < 4.78 is 0. The van der Waals surface area contributed by atoms with Gasteiger partial charge in [-0.25, -0.2) is 4.98 Å². The lowest BCUT2D eigenvalue weighted by Gasteiger charge is -2.23. The number of hydrogen-bond acceptors (Lipinski definition) is 3. The zero-order valence-corrected chi connectivity index (χ0v) is 11.2. The zero-order chi connectivity index (χ0) is 14.1. The second-order valence-corrected chi connectivity index (χ2v) is 4.91. The summed E-state index contributed by atoms with van der Waals surface area (Å²) >= 11 is 0. The highest BCUT2D eigenvalue weighted by Crippen LogP contribution is 2.21. The molecular formula is C14H16N4O2. The number of aromatic amines is 1. The van der Waals surface area contributed by atoms with Crippen LogP contribution in [0.3, 0.4) is 0 Å². The van der Waals surface area contributed by atoms with Crippen LogP contribution in [0.15, 0.2) is 24.5 Å². The third-order valence-corrected chi connectivity index (χ3v) is 3.73. The molecule has 0 spiro atoms. The molecule has 2 amide bonds. The SMILES string of the molecule is CNC(=O)C1CCCN1C(=O)c1ccc2nc[nH]c2c1. The van der Waals surface area contributed by atoms with Crippen molar-refractivity contribution in [1.29, 1.82) is 0 Å². The van der Waals surface area contributed by atoms with Crippen LogP contribution in [0.2, 0.25) is 0 Å². The zero-order valence-electron chi connectivity index (χ0n) is 11.2. The molecule has 2 N–H and O–H groups in total. The van der Waals surface area contributed by atoms with Crippen LogP contribution in [0.4, 0.5) is 0 Å². The number of nitrogens with one attached hydrogen (secondary N) is 2. The smallest absolute Gasteiger partial charge is 0.254 e. The quantitative estimate of drug-likeness (QED) is 0.853. The van der Waals surface area contributed by atoms with Gasteiger partial charge in [-0.2, -0.15) is 0 Å². The molecule has 2 heterocycles. The standard InChI is InChI=1S/C14H16N4O2/c1-15-13(19)12-3-2-6-18(12)14(20)9-4-5-10-11(7-9)17-8-16-10/h4-5,7-8,12H,2-3,6H2,1H3,(H,15,19)(H,16,17). The average molecular weight is 272 g/mol. The average Bonchev–Trinajstić information content (AvgIpc) is 3.13.